The summed E-state index contributed by atoms with van der Waals surface area (Å²) in [6.45, 7) is 4.20. The van der Waals surface area contributed by atoms with Gasteiger partial charge in [0.15, 0.2) is 0 Å². The lowest BCUT2D eigenvalue weighted by atomic mass is 10.1. The molecule has 3 rings (SSSR count). The highest BCUT2D eigenvalue weighted by Gasteiger charge is 2.33. The number of hydrogen-bond donors (Lipinski definition) is 4. The number of aliphatic hydroxyl groups excluding tert-OH is 1. The first kappa shape index (κ1) is 30.9. The molecule has 0 aliphatic carbocycles. The monoisotopic (exact) mass is 570 g/mol. The fourth-order valence-corrected chi connectivity index (χ4v) is 3.81. The fourth-order valence-electron chi connectivity index (χ4n) is 3.64. The van der Waals surface area contributed by atoms with Crippen molar-refractivity contribution in [1.29, 1.82) is 5.41 Å². The average Bonchev–Trinajstić information content (AvgIpc) is 3.36. The van der Waals surface area contributed by atoms with E-state index < -0.39 is 12.5 Å². The molecular formula is C24H35ClN6O8. The maximum atomic E-state index is 12.2. The molecule has 2 aliphatic rings. The summed E-state index contributed by atoms with van der Waals surface area (Å²) in [5, 5.41) is 22.9. The van der Waals surface area contributed by atoms with Crippen LogP contribution in [-0.4, -0.2) is 125 Å². The fraction of sp³-hybridized carbons (Fsp3) is 0.667. The van der Waals surface area contributed by atoms with Gasteiger partial charge in [0.05, 0.1) is 71.1 Å². The summed E-state index contributed by atoms with van der Waals surface area (Å²) in [6.07, 6.45) is 5.15. The summed E-state index contributed by atoms with van der Waals surface area (Å²) in [4.78, 5) is 22.6. The van der Waals surface area contributed by atoms with E-state index in [0.29, 0.717) is 64.1 Å². The number of carbonyl (C=O) groups is 1. The maximum absolute atomic E-state index is 12.2. The van der Waals surface area contributed by atoms with Gasteiger partial charge in [0, 0.05) is 25.7 Å². The van der Waals surface area contributed by atoms with Crippen LogP contribution in [0, 0.1) is 17.8 Å². The summed E-state index contributed by atoms with van der Waals surface area (Å²) in [5.41, 5.74) is 0.403. The highest BCUT2D eigenvalue weighted by molar-refractivity contribution is 6.28. The average molecular weight is 571 g/mol. The molecule has 0 saturated carbocycles. The number of rotatable bonds is 19. The van der Waals surface area contributed by atoms with Crippen molar-refractivity contribution >= 4 is 35.4 Å². The third-order valence-electron chi connectivity index (χ3n) is 5.57. The van der Waals surface area contributed by atoms with Crippen molar-refractivity contribution in [3.63, 3.8) is 0 Å². The number of hydrogen-bond acceptors (Lipinski definition) is 13. The Hall–Kier alpha value is -2.61. The van der Waals surface area contributed by atoms with E-state index in [1.54, 1.807) is 0 Å². The van der Waals surface area contributed by atoms with Crippen molar-refractivity contribution in [2.45, 2.75) is 25.0 Å². The third-order valence-corrected chi connectivity index (χ3v) is 5.74. The van der Waals surface area contributed by atoms with E-state index in [0.717, 1.165) is 6.21 Å². The third kappa shape index (κ3) is 10.5. The summed E-state index contributed by atoms with van der Waals surface area (Å²) >= 11 is 6.12. The molecule has 15 heteroatoms. The number of nitrogens with one attached hydrogen (secondary N) is 3. The number of nitrogens with zero attached hydrogens (tertiary/aromatic N) is 3. The van der Waals surface area contributed by atoms with Crippen LogP contribution in [0.4, 0.5) is 11.6 Å². The van der Waals surface area contributed by atoms with Gasteiger partial charge in [-0.3, -0.25) is 4.79 Å². The van der Waals surface area contributed by atoms with Gasteiger partial charge >= 0.3 is 0 Å². The van der Waals surface area contributed by atoms with E-state index in [2.05, 4.69) is 26.5 Å². The molecular weight excluding hydrogens is 536 g/mol. The van der Waals surface area contributed by atoms with Gasteiger partial charge in [0.2, 0.25) is 17.6 Å². The molecule has 0 bridgehead atoms. The van der Waals surface area contributed by atoms with E-state index in [1.165, 1.54) is 0 Å². The van der Waals surface area contributed by atoms with Crippen LogP contribution in [0.1, 0.15) is 12.0 Å². The minimum absolute atomic E-state index is 0.0124. The minimum Gasteiger partial charge on any atom is -0.394 e. The van der Waals surface area contributed by atoms with Crippen LogP contribution >= 0.6 is 11.6 Å². The standard InChI is InChI=1S/C24H35ClN6O8/c1-2-4-34-6-8-36-10-11-37-9-7-35-5-3-20(33)27-17-13-31(14-17)22-19(12-26)21(28-23(25)30-22)29-24-38-16-18(15-32)39-24/h1,12,17-18,24,26,32H,3-11,13-16H2,(H,27,33)(H,28,29,30). The van der Waals surface area contributed by atoms with Gasteiger partial charge in [-0.15, -0.1) is 6.42 Å². The first-order valence-electron chi connectivity index (χ1n) is 12.5. The van der Waals surface area contributed by atoms with E-state index in [1.807, 2.05) is 4.90 Å². The van der Waals surface area contributed by atoms with E-state index in [9.17, 15) is 9.90 Å². The Morgan fingerprint density at radius 3 is 2.44 bits per heavy atom. The number of ether oxygens (including phenoxy) is 6. The molecule has 2 aliphatic heterocycles. The Kier molecular flexibility index (Phi) is 13.6. The maximum Gasteiger partial charge on any atom is 0.239 e. The van der Waals surface area contributed by atoms with Gasteiger partial charge in [-0.05, 0) is 11.6 Å². The lowest BCUT2D eigenvalue weighted by molar-refractivity contribution is -0.123. The van der Waals surface area contributed by atoms with E-state index in [4.69, 9.17) is 51.9 Å². The Morgan fingerprint density at radius 2 is 1.82 bits per heavy atom. The van der Waals surface area contributed by atoms with Crippen LogP contribution in [0.2, 0.25) is 5.28 Å². The molecule has 216 valence electrons. The molecule has 1 aromatic heterocycles. The Bertz CT molecular complexity index is 961. The first-order valence-corrected chi connectivity index (χ1v) is 12.9. The molecule has 2 fully saturated rings. The molecule has 39 heavy (non-hydrogen) atoms. The van der Waals surface area contributed by atoms with E-state index in [-0.39, 0.29) is 55.9 Å². The Balaban J connectivity index is 1.28. The van der Waals surface area contributed by atoms with Gasteiger partial charge in [-0.25, -0.2) is 0 Å². The molecule has 2 atom stereocenters. The Morgan fingerprint density at radius 1 is 1.15 bits per heavy atom. The predicted octanol–water partition coefficient (Wildman–Crippen LogP) is -0.375. The zero-order chi connectivity index (χ0) is 27.9. The quantitative estimate of drug-likeness (QED) is 0.0737. The lowest BCUT2D eigenvalue weighted by Crippen LogP contribution is -2.60. The smallest absolute Gasteiger partial charge is 0.239 e. The molecule has 2 unspecified atom stereocenters. The van der Waals surface area contributed by atoms with Crippen molar-refractivity contribution in [2.24, 2.45) is 0 Å². The number of amides is 1. The SMILES string of the molecule is C#CCOCCOCCOCCOCCC(=O)NC1CN(c2nc(Cl)nc(NC3OCC(CO)O3)c2C=N)C1. The highest BCUT2D eigenvalue weighted by Crippen LogP contribution is 2.29. The number of aliphatic hydroxyl groups is 1. The second kappa shape index (κ2) is 17.2. The molecule has 4 N–H and O–H groups in total. The topological polar surface area (TPSA) is 170 Å². The molecule has 0 radical (unpaired) electrons. The summed E-state index contributed by atoms with van der Waals surface area (Å²) in [7, 11) is 0. The number of carbonyl (C=O) groups excluding carboxylic acids is 1. The second-order valence-electron chi connectivity index (χ2n) is 8.49. The van der Waals surface area contributed by atoms with Crippen LogP contribution < -0.4 is 15.5 Å². The zero-order valence-electron chi connectivity index (χ0n) is 21.6. The van der Waals surface area contributed by atoms with Crippen LogP contribution in [0.5, 0.6) is 0 Å². The molecule has 1 amide bonds. The van der Waals surface area contributed by atoms with Crippen molar-refractivity contribution in [3.05, 3.63) is 10.8 Å². The van der Waals surface area contributed by atoms with Crippen molar-refractivity contribution in [2.75, 3.05) is 89.4 Å². The Labute approximate surface area is 232 Å². The number of halogens is 1. The number of terminal acetylenes is 1. The van der Waals surface area contributed by atoms with Gasteiger partial charge < -0.3 is 54.5 Å². The zero-order valence-corrected chi connectivity index (χ0v) is 22.4. The number of aromatic nitrogens is 2. The normalized spacial score (nSPS) is 18.9. The summed E-state index contributed by atoms with van der Waals surface area (Å²) < 4.78 is 32.2. The first-order chi connectivity index (χ1) is 19.0. The predicted molar refractivity (Wildman–Crippen MR) is 141 cm³/mol. The van der Waals surface area contributed by atoms with Crippen LogP contribution in [0.3, 0.4) is 0 Å². The van der Waals surface area contributed by atoms with Crippen LogP contribution in [-0.2, 0) is 33.2 Å². The molecule has 2 saturated heterocycles. The second-order valence-corrected chi connectivity index (χ2v) is 8.82. The number of anilines is 2. The van der Waals surface area contributed by atoms with Gasteiger partial charge in [0.25, 0.3) is 0 Å². The van der Waals surface area contributed by atoms with E-state index >= 15 is 0 Å². The molecule has 14 nitrogen and oxygen atoms in total. The van der Waals surface area contributed by atoms with Gasteiger partial charge in [0.1, 0.15) is 24.3 Å². The van der Waals surface area contributed by atoms with Crippen molar-refractivity contribution < 1.29 is 38.3 Å². The molecule has 0 spiro atoms. The van der Waals surface area contributed by atoms with Gasteiger partial charge in [-0.2, -0.15) is 9.97 Å². The highest BCUT2D eigenvalue weighted by atomic mass is 35.5. The lowest BCUT2D eigenvalue weighted by Gasteiger charge is -2.41. The molecule has 1 aromatic rings. The summed E-state index contributed by atoms with van der Waals surface area (Å²) in [5.74, 6) is 2.99. The molecule has 0 aromatic carbocycles. The van der Waals surface area contributed by atoms with Crippen LogP contribution in [0.15, 0.2) is 0 Å². The van der Waals surface area contributed by atoms with Gasteiger partial charge in [-0.1, -0.05) is 5.92 Å². The van der Waals surface area contributed by atoms with Crippen molar-refractivity contribution in [3.8, 4) is 12.3 Å². The van der Waals surface area contributed by atoms with Crippen molar-refractivity contribution in [1.82, 2.24) is 15.3 Å². The van der Waals surface area contributed by atoms with Crippen LogP contribution in [0.25, 0.3) is 0 Å². The molecule has 3 heterocycles. The minimum atomic E-state index is -0.832. The summed E-state index contributed by atoms with van der Waals surface area (Å²) in [6, 6.07) is -0.0756. The largest absolute Gasteiger partial charge is 0.394 e.